The van der Waals surface area contributed by atoms with Crippen LogP contribution < -0.4 is 0 Å². The molecule has 0 bridgehead atoms. The van der Waals surface area contributed by atoms with Gasteiger partial charge in [0.2, 0.25) is 5.91 Å². The molecule has 1 atom stereocenters. The van der Waals surface area contributed by atoms with E-state index in [2.05, 4.69) is 5.10 Å². The molecule has 0 fully saturated rings. The van der Waals surface area contributed by atoms with Crippen LogP contribution in [-0.2, 0) is 17.8 Å². The zero-order valence-electron chi connectivity index (χ0n) is 14.8. The van der Waals surface area contributed by atoms with E-state index in [0.717, 1.165) is 22.5 Å². The molecule has 132 valence electrons. The Kier molecular flexibility index (Phi) is 4.61. The summed E-state index contributed by atoms with van der Waals surface area (Å²) in [6, 6.07) is 7.29. The predicted octanol–water partition coefficient (Wildman–Crippen LogP) is 2.73. The molecule has 1 aromatic carbocycles. The Labute approximate surface area is 147 Å². The summed E-state index contributed by atoms with van der Waals surface area (Å²) in [7, 11) is 0. The summed E-state index contributed by atoms with van der Waals surface area (Å²) >= 11 is 0. The zero-order valence-corrected chi connectivity index (χ0v) is 14.8. The number of amides is 1. The van der Waals surface area contributed by atoms with Gasteiger partial charge in [-0.05, 0) is 50.5 Å². The van der Waals surface area contributed by atoms with Gasteiger partial charge in [0.1, 0.15) is 0 Å². The standard InChI is InChI=1S/C19H23N3O3/c1-12-9-13(2)22(20-12)14(3)10-18(23)21-8-7-15-5-4-6-16(19(24)25)17(15)11-21/h4-6,9,14H,7-8,10-11H2,1-3H3,(H,24,25). The van der Waals surface area contributed by atoms with Gasteiger partial charge in [-0.2, -0.15) is 5.10 Å². The van der Waals surface area contributed by atoms with Crippen molar-refractivity contribution in [1.82, 2.24) is 14.7 Å². The van der Waals surface area contributed by atoms with Gasteiger partial charge < -0.3 is 10.0 Å². The number of hydrogen-bond acceptors (Lipinski definition) is 3. The monoisotopic (exact) mass is 341 g/mol. The molecule has 0 saturated heterocycles. The smallest absolute Gasteiger partial charge is 0.336 e. The van der Waals surface area contributed by atoms with Crippen LogP contribution in [0.2, 0.25) is 0 Å². The van der Waals surface area contributed by atoms with E-state index in [0.29, 0.717) is 31.5 Å². The summed E-state index contributed by atoms with van der Waals surface area (Å²) in [4.78, 5) is 25.9. The molecule has 25 heavy (non-hydrogen) atoms. The van der Waals surface area contributed by atoms with Crippen LogP contribution in [0.25, 0.3) is 0 Å². The molecule has 1 amide bonds. The van der Waals surface area contributed by atoms with Gasteiger partial charge in [0.15, 0.2) is 0 Å². The molecule has 6 heteroatoms. The molecule has 0 radical (unpaired) electrons. The number of carbonyl (C=O) groups is 2. The number of rotatable bonds is 4. The average Bonchev–Trinajstić information content (AvgIpc) is 2.92. The van der Waals surface area contributed by atoms with E-state index >= 15 is 0 Å². The van der Waals surface area contributed by atoms with Gasteiger partial charge in [-0.1, -0.05) is 12.1 Å². The number of aryl methyl sites for hydroxylation is 2. The highest BCUT2D eigenvalue weighted by Crippen LogP contribution is 2.24. The highest BCUT2D eigenvalue weighted by atomic mass is 16.4. The van der Waals surface area contributed by atoms with Crippen molar-refractivity contribution in [3.8, 4) is 0 Å². The normalized spacial score (nSPS) is 14.9. The minimum atomic E-state index is -0.942. The fourth-order valence-electron chi connectivity index (χ4n) is 3.55. The quantitative estimate of drug-likeness (QED) is 0.928. The van der Waals surface area contributed by atoms with E-state index in [4.69, 9.17) is 0 Å². The van der Waals surface area contributed by atoms with Crippen LogP contribution in [0.15, 0.2) is 24.3 Å². The highest BCUT2D eigenvalue weighted by Gasteiger charge is 2.26. The second-order valence-electron chi connectivity index (χ2n) is 6.74. The zero-order chi connectivity index (χ0) is 18.1. The SMILES string of the molecule is Cc1cc(C)n(C(C)CC(=O)N2CCc3cccc(C(=O)O)c3C2)n1. The van der Waals surface area contributed by atoms with Crippen molar-refractivity contribution >= 4 is 11.9 Å². The number of aromatic carboxylic acids is 1. The van der Waals surface area contributed by atoms with Crippen molar-refractivity contribution in [1.29, 1.82) is 0 Å². The molecule has 0 saturated carbocycles. The number of fused-ring (bicyclic) bond motifs is 1. The number of carboxylic acids is 1. The van der Waals surface area contributed by atoms with Crippen molar-refractivity contribution < 1.29 is 14.7 Å². The lowest BCUT2D eigenvalue weighted by Crippen LogP contribution is -2.37. The van der Waals surface area contributed by atoms with E-state index in [1.54, 1.807) is 17.0 Å². The molecule has 6 nitrogen and oxygen atoms in total. The lowest BCUT2D eigenvalue weighted by Gasteiger charge is -2.30. The van der Waals surface area contributed by atoms with Crippen molar-refractivity contribution in [3.63, 3.8) is 0 Å². The summed E-state index contributed by atoms with van der Waals surface area (Å²) in [5.41, 5.74) is 4.05. The number of nitrogens with zero attached hydrogens (tertiary/aromatic N) is 3. The van der Waals surface area contributed by atoms with Gasteiger partial charge in [-0.15, -0.1) is 0 Å². The molecule has 1 unspecified atom stereocenters. The molecule has 1 N–H and O–H groups in total. The number of carbonyl (C=O) groups excluding carboxylic acids is 1. The number of hydrogen-bond donors (Lipinski definition) is 1. The maximum absolute atomic E-state index is 12.7. The van der Waals surface area contributed by atoms with Crippen molar-refractivity contribution in [2.75, 3.05) is 6.54 Å². The fourth-order valence-corrected chi connectivity index (χ4v) is 3.55. The van der Waals surface area contributed by atoms with Crippen LogP contribution in [0.3, 0.4) is 0 Å². The van der Waals surface area contributed by atoms with Gasteiger partial charge >= 0.3 is 5.97 Å². The molecular weight excluding hydrogens is 318 g/mol. The minimum absolute atomic E-state index is 0.0303. The molecule has 1 aliphatic rings. The Morgan fingerprint density at radius 3 is 2.72 bits per heavy atom. The molecule has 1 aliphatic heterocycles. The topological polar surface area (TPSA) is 75.4 Å². The predicted molar refractivity (Wildman–Crippen MR) is 93.6 cm³/mol. The molecule has 0 aliphatic carbocycles. The van der Waals surface area contributed by atoms with E-state index in [-0.39, 0.29) is 11.9 Å². The molecule has 2 heterocycles. The fraction of sp³-hybridized carbons (Fsp3) is 0.421. The molecule has 2 aromatic rings. The summed E-state index contributed by atoms with van der Waals surface area (Å²) in [6.45, 7) is 6.89. The number of carboxylic acid groups (broad SMARTS) is 1. The highest BCUT2D eigenvalue weighted by molar-refractivity contribution is 5.90. The maximum Gasteiger partial charge on any atom is 0.336 e. The van der Waals surface area contributed by atoms with Crippen LogP contribution in [-0.4, -0.2) is 38.2 Å². The van der Waals surface area contributed by atoms with Crippen molar-refractivity contribution in [2.24, 2.45) is 0 Å². The third-order valence-electron chi connectivity index (χ3n) is 4.79. The van der Waals surface area contributed by atoms with Gasteiger partial charge in [0, 0.05) is 25.2 Å². The maximum atomic E-state index is 12.7. The molecule has 0 spiro atoms. The molecule has 1 aromatic heterocycles. The van der Waals surface area contributed by atoms with Crippen molar-refractivity contribution in [3.05, 3.63) is 52.3 Å². The summed E-state index contributed by atoms with van der Waals surface area (Å²) in [6.07, 6.45) is 1.04. The van der Waals surface area contributed by atoms with E-state index in [9.17, 15) is 14.7 Å². The van der Waals surface area contributed by atoms with Crippen molar-refractivity contribution in [2.45, 2.75) is 46.2 Å². The summed E-state index contributed by atoms with van der Waals surface area (Å²) in [5.74, 6) is -0.909. The Hall–Kier alpha value is -2.63. The number of benzene rings is 1. The van der Waals surface area contributed by atoms with Crippen LogP contribution in [0, 0.1) is 13.8 Å². The lowest BCUT2D eigenvalue weighted by atomic mass is 9.94. The first-order chi connectivity index (χ1) is 11.9. The molecule has 3 rings (SSSR count). The second-order valence-corrected chi connectivity index (χ2v) is 6.74. The number of aromatic nitrogens is 2. The summed E-state index contributed by atoms with van der Waals surface area (Å²) in [5, 5.41) is 13.8. The largest absolute Gasteiger partial charge is 0.478 e. The Bertz CT molecular complexity index is 825. The Balaban J connectivity index is 1.74. The van der Waals surface area contributed by atoms with Crippen LogP contribution in [0.5, 0.6) is 0 Å². The van der Waals surface area contributed by atoms with E-state index < -0.39 is 5.97 Å². The van der Waals surface area contributed by atoms with Gasteiger partial charge in [-0.3, -0.25) is 9.48 Å². The first-order valence-electron chi connectivity index (χ1n) is 8.51. The van der Waals surface area contributed by atoms with Gasteiger partial charge in [-0.25, -0.2) is 4.79 Å². The first kappa shape index (κ1) is 17.2. The second kappa shape index (κ2) is 6.70. The van der Waals surface area contributed by atoms with Crippen LogP contribution in [0.4, 0.5) is 0 Å². The average molecular weight is 341 g/mol. The Morgan fingerprint density at radius 2 is 2.08 bits per heavy atom. The van der Waals surface area contributed by atoms with Gasteiger partial charge in [0.25, 0.3) is 0 Å². The third kappa shape index (κ3) is 3.43. The van der Waals surface area contributed by atoms with Gasteiger partial charge in [0.05, 0.1) is 17.3 Å². The minimum Gasteiger partial charge on any atom is -0.478 e. The first-order valence-corrected chi connectivity index (χ1v) is 8.51. The Morgan fingerprint density at radius 1 is 1.32 bits per heavy atom. The third-order valence-corrected chi connectivity index (χ3v) is 4.79. The molecular formula is C19H23N3O3. The van der Waals surface area contributed by atoms with Crippen LogP contribution >= 0.6 is 0 Å². The van der Waals surface area contributed by atoms with Crippen LogP contribution in [0.1, 0.15) is 52.3 Å². The van der Waals surface area contributed by atoms with E-state index in [1.165, 1.54) is 0 Å². The lowest BCUT2D eigenvalue weighted by molar-refractivity contribution is -0.132. The van der Waals surface area contributed by atoms with E-state index in [1.807, 2.05) is 37.6 Å². The summed E-state index contributed by atoms with van der Waals surface area (Å²) < 4.78 is 1.88.